The topological polar surface area (TPSA) is 33.0 Å². The number of halogens is 3. The molecule has 2 nitrogen and oxygen atoms in total. The first-order chi connectivity index (χ1) is 6.61. The molecule has 0 radical (unpaired) electrons. The van der Waals surface area contributed by atoms with E-state index in [1.165, 1.54) is 13.0 Å². The van der Waals surface area contributed by atoms with Gasteiger partial charge in [-0.05, 0) is 13.0 Å². The highest BCUT2D eigenvalue weighted by Gasteiger charge is 2.19. The molecule has 0 fully saturated rings. The Kier molecular flexibility index (Phi) is 2.97. The third kappa shape index (κ3) is 1.64. The quantitative estimate of drug-likeness (QED) is 0.688. The normalized spacial score (nSPS) is 9.64. The highest BCUT2D eigenvalue weighted by atomic mass is 19.2. The van der Waals surface area contributed by atoms with Gasteiger partial charge in [0.05, 0.1) is 12.2 Å². The van der Waals surface area contributed by atoms with Gasteiger partial charge in [-0.25, -0.2) is 8.78 Å². The number of hydrogen-bond acceptors (Lipinski definition) is 2. The molecule has 0 spiro atoms. The summed E-state index contributed by atoms with van der Waals surface area (Å²) in [4.78, 5) is 0. The van der Waals surface area contributed by atoms with E-state index in [4.69, 9.17) is 5.26 Å². The summed E-state index contributed by atoms with van der Waals surface area (Å²) in [5.74, 6) is -4.73. The van der Waals surface area contributed by atoms with E-state index in [0.717, 1.165) is 0 Å². The van der Waals surface area contributed by atoms with Crippen LogP contribution in [0.5, 0.6) is 5.75 Å². The minimum atomic E-state index is -1.47. The van der Waals surface area contributed by atoms with Crippen LogP contribution in [0.25, 0.3) is 0 Å². The predicted octanol–water partition coefficient (Wildman–Crippen LogP) is 2.37. The molecule has 5 heteroatoms. The second-order valence-corrected chi connectivity index (χ2v) is 2.41. The Morgan fingerprint density at radius 3 is 2.50 bits per heavy atom. The molecule has 0 saturated carbocycles. The van der Waals surface area contributed by atoms with Gasteiger partial charge in [0.15, 0.2) is 17.4 Å². The highest BCUT2D eigenvalue weighted by molar-refractivity contribution is 5.39. The van der Waals surface area contributed by atoms with E-state index in [1.807, 2.05) is 0 Å². The van der Waals surface area contributed by atoms with Crippen molar-refractivity contribution >= 4 is 0 Å². The van der Waals surface area contributed by atoms with Crippen LogP contribution in [-0.4, -0.2) is 6.61 Å². The fraction of sp³-hybridized carbons (Fsp3) is 0.222. The van der Waals surface area contributed by atoms with E-state index in [9.17, 15) is 13.2 Å². The Morgan fingerprint density at radius 2 is 2.00 bits per heavy atom. The van der Waals surface area contributed by atoms with E-state index >= 15 is 0 Å². The fourth-order valence-electron chi connectivity index (χ4n) is 0.936. The summed E-state index contributed by atoms with van der Waals surface area (Å²) in [6.07, 6.45) is 0. The molecule has 14 heavy (non-hydrogen) atoms. The van der Waals surface area contributed by atoms with Gasteiger partial charge in [-0.1, -0.05) is 0 Å². The second kappa shape index (κ2) is 4.01. The van der Waals surface area contributed by atoms with Gasteiger partial charge in [0.25, 0.3) is 0 Å². The number of ether oxygens (including phenoxy) is 1. The minimum absolute atomic E-state index is 0.0131. The summed E-state index contributed by atoms with van der Waals surface area (Å²) in [6, 6.07) is 1.94. The van der Waals surface area contributed by atoms with Crippen molar-refractivity contribution in [3.05, 3.63) is 29.1 Å². The molecule has 0 aromatic heterocycles. The molecule has 0 aliphatic carbocycles. The van der Waals surface area contributed by atoms with E-state index in [0.29, 0.717) is 6.07 Å². The van der Waals surface area contributed by atoms with Gasteiger partial charge in [0.1, 0.15) is 6.07 Å². The molecule has 0 saturated heterocycles. The van der Waals surface area contributed by atoms with Crippen LogP contribution >= 0.6 is 0 Å². The lowest BCUT2D eigenvalue weighted by Gasteiger charge is -2.06. The van der Waals surface area contributed by atoms with Crippen molar-refractivity contribution in [2.75, 3.05) is 6.61 Å². The average Bonchev–Trinajstić information content (AvgIpc) is 2.18. The van der Waals surface area contributed by atoms with Gasteiger partial charge in [0.2, 0.25) is 5.82 Å². The number of rotatable bonds is 2. The number of benzene rings is 1. The summed E-state index contributed by atoms with van der Waals surface area (Å²) in [5, 5.41) is 8.32. The molecule has 0 atom stereocenters. The van der Waals surface area contributed by atoms with Crippen LogP contribution < -0.4 is 4.74 Å². The van der Waals surface area contributed by atoms with Gasteiger partial charge >= 0.3 is 0 Å². The zero-order valence-electron chi connectivity index (χ0n) is 7.27. The molecule has 1 aromatic rings. The van der Waals surface area contributed by atoms with Gasteiger partial charge in [-0.3, -0.25) is 0 Å². The maximum absolute atomic E-state index is 13.0. The molecule has 74 valence electrons. The molecule has 0 N–H and O–H groups in total. The molecular weight excluding hydrogens is 195 g/mol. The molecule has 0 unspecified atom stereocenters. The molecule has 0 heterocycles. The van der Waals surface area contributed by atoms with E-state index in [1.54, 1.807) is 0 Å². The smallest absolute Gasteiger partial charge is 0.205 e. The van der Waals surface area contributed by atoms with Gasteiger partial charge in [-0.15, -0.1) is 0 Å². The van der Waals surface area contributed by atoms with Crippen LogP contribution in [0.3, 0.4) is 0 Å². The molecule has 1 aromatic carbocycles. The second-order valence-electron chi connectivity index (χ2n) is 2.41. The van der Waals surface area contributed by atoms with Crippen molar-refractivity contribution in [1.82, 2.24) is 0 Å². The van der Waals surface area contributed by atoms with Gasteiger partial charge in [-0.2, -0.15) is 9.65 Å². The van der Waals surface area contributed by atoms with Crippen LogP contribution in [0.4, 0.5) is 13.2 Å². The molecule has 0 aliphatic heterocycles. The third-order valence-electron chi connectivity index (χ3n) is 1.53. The third-order valence-corrected chi connectivity index (χ3v) is 1.53. The summed E-state index contributed by atoms with van der Waals surface area (Å²) < 4.78 is 43.5. The van der Waals surface area contributed by atoms with E-state index in [-0.39, 0.29) is 6.61 Å². The van der Waals surface area contributed by atoms with Crippen molar-refractivity contribution in [1.29, 1.82) is 5.26 Å². The monoisotopic (exact) mass is 201 g/mol. The van der Waals surface area contributed by atoms with Gasteiger partial charge < -0.3 is 4.74 Å². The van der Waals surface area contributed by atoms with Crippen LogP contribution in [0.1, 0.15) is 12.5 Å². The van der Waals surface area contributed by atoms with Crippen molar-refractivity contribution in [2.45, 2.75) is 6.92 Å². The Hall–Kier alpha value is -1.70. The lowest BCUT2D eigenvalue weighted by Crippen LogP contribution is -2.02. The first kappa shape index (κ1) is 10.4. The molecular formula is C9H6F3NO. The van der Waals surface area contributed by atoms with Gasteiger partial charge in [0, 0.05) is 0 Å². The predicted molar refractivity (Wildman–Crippen MR) is 42.2 cm³/mol. The average molecular weight is 201 g/mol. The van der Waals surface area contributed by atoms with Crippen LogP contribution in [0.15, 0.2) is 6.07 Å². The molecule has 0 amide bonds. The number of nitriles is 1. The fourth-order valence-corrected chi connectivity index (χ4v) is 0.936. The van der Waals surface area contributed by atoms with E-state index < -0.39 is 28.8 Å². The first-order valence-corrected chi connectivity index (χ1v) is 3.82. The summed E-state index contributed by atoms with van der Waals surface area (Å²) in [5.41, 5.74) is -0.677. The number of nitrogens with zero attached hydrogens (tertiary/aromatic N) is 1. The van der Waals surface area contributed by atoms with Crippen LogP contribution in [0.2, 0.25) is 0 Å². The lowest BCUT2D eigenvalue weighted by atomic mass is 10.2. The summed E-state index contributed by atoms with van der Waals surface area (Å²) >= 11 is 0. The lowest BCUT2D eigenvalue weighted by molar-refractivity contribution is 0.295. The first-order valence-electron chi connectivity index (χ1n) is 3.82. The molecule has 0 aliphatic rings. The maximum atomic E-state index is 13.0. The molecule has 1 rings (SSSR count). The Labute approximate surface area is 78.5 Å². The summed E-state index contributed by atoms with van der Waals surface area (Å²) in [6.45, 7) is 1.52. The summed E-state index contributed by atoms with van der Waals surface area (Å²) in [7, 11) is 0. The Balaban J connectivity index is 3.35. The van der Waals surface area contributed by atoms with Crippen molar-refractivity contribution < 1.29 is 17.9 Å². The van der Waals surface area contributed by atoms with Crippen LogP contribution in [-0.2, 0) is 0 Å². The minimum Gasteiger partial charge on any atom is -0.488 e. The maximum Gasteiger partial charge on any atom is 0.205 e. The largest absolute Gasteiger partial charge is 0.488 e. The zero-order chi connectivity index (χ0) is 10.7. The van der Waals surface area contributed by atoms with Crippen LogP contribution in [0, 0.1) is 28.8 Å². The highest BCUT2D eigenvalue weighted by Crippen LogP contribution is 2.26. The zero-order valence-corrected chi connectivity index (χ0v) is 7.27. The Morgan fingerprint density at radius 1 is 1.36 bits per heavy atom. The standard InChI is InChI=1S/C9H6F3NO/c1-2-14-9-6(10)3-5(4-13)7(11)8(9)12/h3H,2H2,1H3. The Bertz CT molecular complexity index is 398. The van der Waals surface area contributed by atoms with E-state index in [2.05, 4.69) is 4.74 Å². The molecule has 0 bridgehead atoms. The van der Waals surface area contributed by atoms with Crippen molar-refractivity contribution in [3.8, 4) is 11.8 Å². The SMILES string of the molecule is CCOc1c(F)cc(C#N)c(F)c1F. The van der Waals surface area contributed by atoms with Crippen molar-refractivity contribution in [3.63, 3.8) is 0 Å². The van der Waals surface area contributed by atoms with Crippen molar-refractivity contribution in [2.24, 2.45) is 0 Å². The number of hydrogen-bond donors (Lipinski definition) is 0.